The van der Waals surface area contributed by atoms with Gasteiger partial charge in [-0.05, 0) is 35.7 Å². The van der Waals surface area contributed by atoms with Crippen molar-refractivity contribution in [2.45, 2.75) is 56.6 Å². The fraction of sp³-hybridized carbons (Fsp3) is 0.611. The summed E-state index contributed by atoms with van der Waals surface area (Å²) in [6.07, 6.45) is 2.78. The minimum atomic E-state index is -2.65. The Morgan fingerprint density at radius 3 is 2.64 bits per heavy atom. The van der Waals surface area contributed by atoms with Gasteiger partial charge in [0.2, 0.25) is 5.92 Å². The number of rotatable bonds is 4. The lowest BCUT2D eigenvalue weighted by Gasteiger charge is -2.30. The molecule has 3 N–H and O–H groups in total. The normalized spacial score (nSPS) is 24.8. The Morgan fingerprint density at radius 2 is 2.00 bits per heavy atom. The number of aromatic nitrogens is 1. The van der Waals surface area contributed by atoms with E-state index in [9.17, 15) is 18.4 Å². The standard InChI is InChI=1S/C18H23BrF2N4O3/c1-17(28-16(22)27)6-7-25(10-17)14-12(8-23-9-13(14)19)15(26)24-11-2-4-18(20,21)5-3-11/h8-9,11H,2-7,10H2,1H3,(H2,22,27)(H,24,26). The summed E-state index contributed by atoms with van der Waals surface area (Å²) in [5.41, 5.74) is 5.38. The Hall–Kier alpha value is -1.97. The molecule has 1 saturated heterocycles. The predicted octanol–water partition coefficient (Wildman–Crippen LogP) is 3.22. The number of nitrogens with zero attached hydrogens (tertiary/aromatic N) is 2. The lowest BCUT2D eigenvalue weighted by atomic mass is 9.92. The third-order valence-electron chi connectivity index (χ3n) is 5.27. The van der Waals surface area contributed by atoms with Crippen molar-refractivity contribution in [1.29, 1.82) is 0 Å². The predicted molar refractivity (Wildman–Crippen MR) is 103 cm³/mol. The number of nitrogens with two attached hydrogens (primary N) is 1. The van der Waals surface area contributed by atoms with E-state index in [1.54, 1.807) is 13.1 Å². The van der Waals surface area contributed by atoms with Gasteiger partial charge in [-0.1, -0.05) is 0 Å². The van der Waals surface area contributed by atoms with E-state index in [-0.39, 0.29) is 37.6 Å². The number of anilines is 1. The summed E-state index contributed by atoms with van der Waals surface area (Å²) in [6.45, 7) is 2.71. The van der Waals surface area contributed by atoms with Gasteiger partial charge in [0.25, 0.3) is 5.91 Å². The number of carbonyl (C=O) groups excluding carboxylic acids is 2. The maximum Gasteiger partial charge on any atom is 0.405 e. The molecule has 0 bridgehead atoms. The van der Waals surface area contributed by atoms with Gasteiger partial charge in [0.15, 0.2) is 0 Å². The first kappa shape index (κ1) is 20.8. The minimum Gasteiger partial charge on any atom is -0.441 e. The van der Waals surface area contributed by atoms with Gasteiger partial charge in [-0.3, -0.25) is 9.78 Å². The van der Waals surface area contributed by atoms with Gasteiger partial charge < -0.3 is 20.7 Å². The van der Waals surface area contributed by atoms with Crippen LogP contribution in [0, 0.1) is 0 Å². The highest BCUT2D eigenvalue weighted by Gasteiger charge is 2.39. The highest BCUT2D eigenvalue weighted by molar-refractivity contribution is 9.10. The summed E-state index contributed by atoms with van der Waals surface area (Å²) in [7, 11) is 0. The summed E-state index contributed by atoms with van der Waals surface area (Å²) in [5, 5.41) is 2.85. The SMILES string of the molecule is CC1(OC(N)=O)CCN(c2c(Br)cncc2C(=O)NC2CCC(F)(F)CC2)C1. The fourth-order valence-electron chi connectivity index (χ4n) is 3.81. The van der Waals surface area contributed by atoms with Crippen molar-refractivity contribution in [3.8, 4) is 0 Å². The molecule has 2 aliphatic rings. The zero-order chi connectivity index (χ0) is 20.5. The number of halogens is 3. The number of hydrogen-bond donors (Lipinski definition) is 2. The zero-order valence-electron chi connectivity index (χ0n) is 15.5. The van der Waals surface area contributed by atoms with E-state index >= 15 is 0 Å². The average molecular weight is 461 g/mol. The number of primary amides is 1. The van der Waals surface area contributed by atoms with Crippen molar-refractivity contribution in [2.24, 2.45) is 5.73 Å². The van der Waals surface area contributed by atoms with Crippen molar-refractivity contribution >= 4 is 33.6 Å². The van der Waals surface area contributed by atoms with Crippen LogP contribution in [-0.4, -0.2) is 47.6 Å². The number of alkyl halides is 2. The van der Waals surface area contributed by atoms with E-state index in [4.69, 9.17) is 10.5 Å². The van der Waals surface area contributed by atoms with Crippen LogP contribution in [0.5, 0.6) is 0 Å². The molecule has 1 aliphatic heterocycles. The monoisotopic (exact) mass is 460 g/mol. The van der Waals surface area contributed by atoms with Gasteiger partial charge in [-0.15, -0.1) is 0 Å². The van der Waals surface area contributed by atoms with E-state index in [1.165, 1.54) is 6.20 Å². The van der Waals surface area contributed by atoms with Crippen LogP contribution in [0.1, 0.15) is 49.4 Å². The van der Waals surface area contributed by atoms with Crippen LogP contribution in [0.15, 0.2) is 16.9 Å². The maximum atomic E-state index is 13.3. The smallest absolute Gasteiger partial charge is 0.405 e. The van der Waals surface area contributed by atoms with Crippen LogP contribution < -0.4 is 16.0 Å². The maximum absolute atomic E-state index is 13.3. The Kier molecular flexibility index (Phi) is 5.79. The molecule has 1 saturated carbocycles. The topological polar surface area (TPSA) is 97.6 Å². The Labute approximate surface area is 170 Å². The first-order valence-corrected chi connectivity index (χ1v) is 9.93. The molecule has 10 heteroatoms. The summed E-state index contributed by atoms with van der Waals surface area (Å²) in [6, 6.07) is -0.291. The Balaban J connectivity index is 1.75. The first-order chi connectivity index (χ1) is 13.1. The Morgan fingerprint density at radius 1 is 1.32 bits per heavy atom. The van der Waals surface area contributed by atoms with E-state index in [0.29, 0.717) is 35.2 Å². The molecule has 2 heterocycles. The summed E-state index contributed by atoms with van der Waals surface area (Å²) in [4.78, 5) is 30.0. The van der Waals surface area contributed by atoms with Crippen molar-refractivity contribution in [3.63, 3.8) is 0 Å². The van der Waals surface area contributed by atoms with E-state index in [2.05, 4.69) is 26.2 Å². The summed E-state index contributed by atoms with van der Waals surface area (Å²) < 4.78 is 32.5. The van der Waals surface area contributed by atoms with Crippen molar-refractivity contribution in [2.75, 3.05) is 18.0 Å². The highest BCUT2D eigenvalue weighted by atomic mass is 79.9. The molecule has 3 rings (SSSR count). The first-order valence-electron chi connectivity index (χ1n) is 9.14. The van der Waals surface area contributed by atoms with Crippen LogP contribution in [0.3, 0.4) is 0 Å². The third kappa shape index (κ3) is 4.71. The van der Waals surface area contributed by atoms with Crippen LogP contribution in [-0.2, 0) is 4.74 Å². The van der Waals surface area contributed by atoms with Crippen LogP contribution in [0.2, 0.25) is 0 Å². The number of hydrogen-bond acceptors (Lipinski definition) is 5. The number of nitrogens with one attached hydrogen (secondary N) is 1. The van der Waals surface area contributed by atoms with Gasteiger partial charge in [0, 0.05) is 44.2 Å². The number of amides is 2. The van der Waals surface area contributed by atoms with Gasteiger partial charge in [0.1, 0.15) is 5.60 Å². The van der Waals surface area contributed by atoms with Crippen LogP contribution in [0.25, 0.3) is 0 Å². The molecule has 1 unspecified atom stereocenters. The van der Waals surface area contributed by atoms with Crippen molar-refractivity contribution in [3.05, 3.63) is 22.4 Å². The molecule has 2 amide bonds. The van der Waals surface area contributed by atoms with Gasteiger partial charge in [-0.25, -0.2) is 13.6 Å². The second-order valence-corrected chi connectivity index (χ2v) is 8.52. The van der Waals surface area contributed by atoms with E-state index in [0.717, 1.165) is 0 Å². The summed E-state index contributed by atoms with van der Waals surface area (Å²) in [5.74, 6) is -3.01. The van der Waals surface area contributed by atoms with E-state index in [1.807, 2.05) is 4.90 Å². The highest BCUT2D eigenvalue weighted by Crippen LogP contribution is 2.37. The largest absolute Gasteiger partial charge is 0.441 e. The molecule has 0 spiro atoms. The van der Waals surface area contributed by atoms with Gasteiger partial charge in [0.05, 0.1) is 22.3 Å². The zero-order valence-corrected chi connectivity index (χ0v) is 17.1. The molecule has 1 aromatic heterocycles. The van der Waals surface area contributed by atoms with Gasteiger partial charge >= 0.3 is 6.09 Å². The molecule has 0 aromatic carbocycles. The van der Waals surface area contributed by atoms with Crippen LogP contribution >= 0.6 is 15.9 Å². The third-order valence-corrected chi connectivity index (χ3v) is 5.85. The van der Waals surface area contributed by atoms with Gasteiger partial charge in [-0.2, -0.15) is 0 Å². The second kappa shape index (κ2) is 7.81. The lowest BCUT2D eigenvalue weighted by Crippen LogP contribution is -2.41. The van der Waals surface area contributed by atoms with Crippen molar-refractivity contribution in [1.82, 2.24) is 10.3 Å². The van der Waals surface area contributed by atoms with Crippen molar-refractivity contribution < 1.29 is 23.1 Å². The number of pyridine rings is 1. The molecular weight excluding hydrogens is 438 g/mol. The Bertz CT molecular complexity index is 769. The number of ether oxygens (including phenoxy) is 1. The molecule has 2 fully saturated rings. The number of carbonyl (C=O) groups is 2. The molecule has 154 valence electrons. The molecule has 28 heavy (non-hydrogen) atoms. The minimum absolute atomic E-state index is 0.226. The van der Waals surface area contributed by atoms with Crippen LogP contribution in [0.4, 0.5) is 19.3 Å². The average Bonchev–Trinajstić information content (AvgIpc) is 2.97. The quantitative estimate of drug-likeness (QED) is 0.718. The van der Waals surface area contributed by atoms with E-state index < -0.39 is 17.6 Å². The molecule has 1 aromatic rings. The molecule has 0 radical (unpaired) electrons. The fourth-order valence-corrected chi connectivity index (χ4v) is 4.40. The second-order valence-electron chi connectivity index (χ2n) is 7.66. The lowest BCUT2D eigenvalue weighted by molar-refractivity contribution is -0.0399. The molecule has 1 aliphatic carbocycles. The molecule has 7 nitrogen and oxygen atoms in total. The molecular formula is C18H23BrF2N4O3. The summed E-state index contributed by atoms with van der Waals surface area (Å²) >= 11 is 3.44. The molecule has 1 atom stereocenters.